The van der Waals surface area contributed by atoms with Crippen LogP contribution in [0, 0.1) is 5.92 Å². The average molecular weight is 602 g/mol. The molecule has 1 aliphatic carbocycles. The Morgan fingerprint density at radius 3 is 1.95 bits per heavy atom. The van der Waals surface area contributed by atoms with Gasteiger partial charge in [0.05, 0.1) is 18.2 Å². The molecule has 2 aromatic rings. The maximum absolute atomic E-state index is 14.8. The molecule has 0 spiro atoms. The van der Waals surface area contributed by atoms with Crippen LogP contribution in [0.1, 0.15) is 72.2 Å². The molecular weight excluding hydrogens is 567 g/mol. The fourth-order valence-electron chi connectivity index (χ4n) is 5.99. The predicted molar refractivity (Wildman–Crippen MR) is 148 cm³/mol. The lowest BCUT2D eigenvalue weighted by Gasteiger charge is -2.43. The van der Waals surface area contributed by atoms with Crippen molar-refractivity contribution in [2.75, 3.05) is 13.7 Å². The van der Waals surface area contributed by atoms with Crippen molar-refractivity contribution in [1.29, 1.82) is 0 Å². The highest BCUT2D eigenvalue weighted by Crippen LogP contribution is 2.41. The molecular formula is C31H34F3N3O6. The second kappa shape index (κ2) is 12.6. The van der Waals surface area contributed by atoms with Crippen molar-refractivity contribution < 1.29 is 41.9 Å². The van der Waals surface area contributed by atoms with Gasteiger partial charge >= 0.3 is 12.1 Å². The molecule has 1 saturated carbocycles. The van der Waals surface area contributed by atoms with Gasteiger partial charge in [-0.1, -0.05) is 75.6 Å². The van der Waals surface area contributed by atoms with Crippen molar-refractivity contribution in [2.24, 2.45) is 5.92 Å². The van der Waals surface area contributed by atoms with Crippen LogP contribution >= 0.6 is 0 Å². The molecule has 1 heterocycles. The normalized spacial score (nSPS) is 17.7. The largest absolute Gasteiger partial charge is 0.467 e. The van der Waals surface area contributed by atoms with Crippen LogP contribution in [0.15, 0.2) is 54.6 Å². The van der Waals surface area contributed by atoms with Gasteiger partial charge in [-0.2, -0.15) is 13.2 Å². The number of carbonyl (C=O) groups excluding carboxylic acids is 5. The first-order chi connectivity index (χ1) is 20.3. The number of fused-ring (bicyclic) bond motifs is 1. The molecule has 230 valence electrons. The van der Waals surface area contributed by atoms with Crippen LogP contribution in [0.4, 0.5) is 13.2 Å². The molecule has 2 aliphatic rings. The topological polar surface area (TPSA) is 113 Å². The Labute approximate surface area is 247 Å². The molecule has 9 nitrogen and oxygen atoms in total. The standard InChI is InChI=1S/C31H34F3N3O6/c1-19(2)25(26(39)35-30(29(42)43-3,31(32,33)34)20-12-6-4-7-13-20)37(21-14-8-5-9-15-21)24(38)18-36-27(40)22-16-10-11-17-23(22)28(36)41/h4,6-7,10-13,16-17,19,21,25H,5,8-9,14-15,18H2,1-3H3,(H,35,39). The van der Waals surface area contributed by atoms with Crippen LogP contribution in [0.25, 0.3) is 0 Å². The number of rotatable bonds is 9. The number of hydrogen-bond donors (Lipinski definition) is 1. The van der Waals surface area contributed by atoms with Gasteiger partial charge < -0.3 is 15.0 Å². The van der Waals surface area contributed by atoms with Crippen LogP contribution in [0.3, 0.4) is 0 Å². The third-order valence-electron chi connectivity index (χ3n) is 8.06. The van der Waals surface area contributed by atoms with Crippen molar-refractivity contribution in [1.82, 2.24) is 15.1 Å². The van der Waals surface area contributed by atoms with E-state index in [1.54, 1.807) is 26.0 Å². The van der Waals surface area contributed by atoms with Crippen molar-refractivity contribution in [2.45, 2.75) is 69.8 Å². The molecule has 1 fully saturated rings. The summed E-state index contributed by atoms with van der Waals surface area (Å²) in [5.41, 5.74) is -3.85. The summed E-state index contributed by atoms with van der Waals surface area (Å²) in [7, 11) is 0.789. The van der Waals surface area contributed by atoms with Crippen LogP contribution in [0.5, 0.6) is 0 Å². The first kappa shape index (κ1) is 31.7. The number of nitrogens with zero attached hydrogens (tertiary/aromatic N) is 2. The summed E-state index contributed by atoms with van der Waals surface area (Å²) in [6.07, 6.45) is -2.06. The number of amides is 4. The molecule has 0 saturated heterocycles. The highest BCUT2D eigenvalue weighted by atomic mass is 19.4. The van der Waals surface area contributed by atoms with Gasteiger partial charge in [-0.3, -0.25) is 24.1 Å². The highest BCUT2D eigenvalue weighted by molar-refractivity contribution is 6.22. The van der Waals surface area contributed by atoms with E-state index in [9.17, 15) is 37.1 Å². The Hall–Kier alpha value is -4.22. The summed E-state index contributed by atoms with van der Waals surface area (Å²) < 4.78 is 49.1. The Balaban J connectivity index is 1.74. The van der Waals surface area contributed by atoms with E-state index >= 15 is 0 Å². The van der Waals surface area contributed by atoms with Gasteiger partial charge in [0.2, 0.25) is 11.8 Å². The fourth-order valence-corrected chi connectivity index (χ4v) is 5.99. The summed E-state index contributed by atoms with van der Waals surface area (Å²) in [6, 6.07) is 10.3. The fraction of sp³-hybridized carbons (Fsp3) is 0.452. The van der Waals surface area contributed by atoms with Crippen molar-refractivity contribution in [3.63, 3.8) is 0 Å². The monoisotopic (exact) mass is 601 g/mol. The summed E-state index contributed by atoms with van der Waals surface area (Å²) in [5, 5.41) is 1.94. The first-order valence-electron chi connectivity index (χ1n) is 14.1. The molecule has 1 N–H and O–H groups in total. The second-order valence-electron chi connectivity index (χ2n) is 11.1. The van der Waals surface area contributed by atoms with Gasteiger partial charge in [-0.05, 0) is 36.5 Å². The number of carbonyl (C=O) groups is 5. The average Bonchev–Trinajstić information content (AvgIpc) is 3.22. The lowest BCUT2D eigenvalue weighted by Crippen LogP contribution is -2.66. The minimum absolute atomic E-state index is 0.138. The van der Waals surface area contributed by atoms with Crippen molar-refractivity contribution in [3.05, 3.63) is 71.3 Å². The van der Waals surface area contributed by atoms with E-state index in [0.29, 0.717) is 25.7 Å². The minimum Gasteiger partial charge on any atom is -0.467 e. The third-order valence-corrected chi connectivity index (χ3v) is 8.06. The number of nitrogens with one attached hydrogen (secondary N) is 1. The number of esters is 1. The van der Waals surface area contributed by atoms with E-state index in [0.717, 1.165) is 30.6 Å². The van der Waals surface area contributed by atoms with Gasteiger partial charge in [-0.15, -0.1) is 0 Å². The quantitative estimate of drug-likeness (QED) is 0.340. The molecule has 0 radical (unpaired) electrons. The lowest BCUT2D eigenvalue weighted by atomic mass is 9.86. The van der Waals surface area contributed by atoms with Gasteiger partial charge in [-0.25, -0.2) is 4.79 Å². The molecule has 2 atom stereocenters. The van der Waals surface area contributed by atoms with E-state index in [2.05, 4.69) is 4.74 Å². The minimum atomic E-state index is -5.32. The number of ether oxygens (including phenoxy) is 1. The van der Waals surface area contributed by atoms with Crippen LogP contribution in [-0.2, 0) is 24.7 Å². The van der Waals surface area contributed by atoms with Gasteiger partial charge in [0, 0.05) is 6.04 Å². The van der Waals surface area contributed by atoms with E-state index < -0.39 is 71.4 Å². The Bertz CT molecular complexity index is 1360. The molecule has 1 aliphatic heterocycles. The smallest absolute Gasteiger partial charge is 0.426 e. The van der Waals surface area contributed by atoms with Crippen LogP contribution < -0.4 is 5.32 Å². The predicted octanol–water partition coefficient (Wildman–Crippen LogP) is 4.22. The summed E-state index contributed by atoms with van der Waals surface area (Å²) in [5.74, 6) is -5.78. The number of halogens is 3. The third kappa shape index (κ3) is 5.87. The molecule has 4 rings (SSSR count). The number of hydrogen-bond acceptors (Lipinski definition) is 6. The van der Waals surface area contributed by atoms with Gasteiger partial charge in [0.15, 0.2) is 0 Å². The maximum Gasteiger partial charge on any atom is 0.426 e. The Kier molecular flexibility index (Phi) is 9.26. The van der Waals surface area contributed by atoms with E-state index in [1.165, 1.54) is 35.2 Å². The highest BCUT2D eigenvalue weighted by Gasteiger charge is 2.64. The summed E-state index contributed by atoms with van der Waals surface area (Å²) >= 11 is 0. The van der Waals surface area contributed by atoms with Crippen LogP contribution in [0.2, 0.25) is 0 Å². The second-order valence-corrected chi connectivity index (χ2v) is 11.1. The number of imide groups is 1. The van der Waals surface area contributed by atoms with Crippen molar-refractivity contribution >= 4 is 29.6 Å². The molecule has 0 bridgehead atoms. The number of benzene rings is 2. The SMILES string of the molecule is COC(=O)C(NC(=O)C(C(C)C)N(C(=O)CN1C(=O)c2ccccc2C1=O)C1CCCCC1)(c1ccccc1)C(F)(F)F. The van der Waals surface area contributed by atoms with E-state index in [-0.39, 0.29) is 11.1 Å². The Morgan fingerprint density at radius 2 is 1.47 bits per heavy atom. The lowest BCUT2D eigenvalue weighted by molar-refractivity contribution is -0.217. The first-order valence-corrected chi connectivity index (χ1v) is 14.1. The van der Waals surface area contributed by atoms with Crippen molar-refractivity contribution in [3.8, 4) is 0 Å². The van der Waals surface area contributed by atoms with Gasteiger partial charge in [0.1, 0.15) is 12.6 Å². The molecule has 4 amide bonds. The summed E-state index contributed by atoms with van der Waals surface area (Å²) in [6.45, 7) is 2.45. The zero-order chi connectivity index (χ0) is 31.5. The summed E-state index contributed by atoms with van der Waals surface area (Å²) in [4.78, 5) is 69.0. The number of methoxy groups -OCH3 is 1. The number of alkyl halides is 3. The molecule has 0 aromatic heterocycles. The van der Waals surface area contributed by atoms with Crippen LogP contribution in [-0.4, -0.2) is 71.3 Å². The Morgan fingerprint density at radius 1 is 0.930 bits per heavy atom. The zero-order valence-corrected chi connectivity index (χ0v) is 24.1. The van der Waals surface area contributed by atoms with Gasteiger partial charge in [0.25, 0.3) is 17.4 Å². The molecule has 12 heteroatoms. The zero-order valence-electron chi connectivity index (χ0n) is 24.1. The molecule has 2 unspecified atom stereocenters. The molecule has 43 heavy (non-hydrogen) atoms. The van der Waals surface area contributed by atoms with E-state index in [4.69, 9.17) is 0 Å². The van der Waals surface area contributed by atoms with E-state index in [1.807, 2.05) is 5.32 Å². The maximum atomic E-state index is 14.8. The molecule has 2 aromatic carbocycles.